The topological polar surface area (TPSA) is 69.6 Å². The van der Waals surface area contributed by atoms with Crippen LogP contribution in [0.2, 0.25) is 0 Å². The molecule has 102 valence electrons. The molecule has 0 radical (unpaired) electrons. The molecule has 0 saturated heterocycles. The Kier molecular flexibility index (Phi) is 3.74. The molecule has 5 heteroatoms. The first kappa shape index (κ1) is 13.4. The van der Waals surface area contributed by atoms with Crippen molar-refractivity contribution in [2.24, 2.45) is 0 Å². The molecule has 0 fully saturated rings. The molecule has 0 spiro atoms. The fraction of sp³-hybridized carbons (Fsp3) is 0.429. The lowest BCUT2D eigenvalue weighted by atomic mass is 10.1. The van der Waals surface area contributed by atoms with Gasteiger partial charge in [-0.2, -0.15) is 0 Å². The third-order valence-electron chi connectivity index (χ3n) is 3.46. The molecule has 0 saturated carbocycles. The minimum absolute atomic E-state index is 0.110. The van der Waals surface area contributed by atoms with Crippen LogP contribution in [-0.2, 0) is 6.42 Å². The van der Waals surface area contributed by atoms with Crippen molar-refractivity contribution in [1.82, 2.24) is 5.32 Å². The van der Waals surface area contributed by atoms with Gasteiger partial charge >= 0.3 is 12.0 Å². The number of hydrogen-bond acceptors (Lipinski definition) is 2. The van der Waals surface area contributed by atoms with Crippen molar-refractivity contribution in [2.75, 3.05) is 11.4 Å². The highest BCUT2D eigenvalue weighted by Gasteiger charge is 2.26. The molecule has 1 aliphatic rings. The smallest absolute Gasteiger partial charge is 0.335 e. The molecule has 1 aromatic carbocycles. The van der Waals surface area contributed by atoms with Gasteiger partial charge in [-0.15, -0.1) is 0 Å². The van der Waals surface area contributed by atoms with E-state index in [2.05, 4.69) is 5.32 Å². The van der Waals surface area contributed by atoms with Crippen LogP contribution < -0.4 is 10.2 Å². The molecule has 2 amide bonds. The summed E-state index contributed by atoms with van der Waals surface area (Å²) in [6, 6.07) is 4.89. The Balaban J connectivity index is 2.22. The maximum atomic E-state index is 12.1. The minimum atomic E-state index is -0.975. The molecule has 1 aromatic rings. The van der Waals surface area contributed by atoms with Crippen molar-refractivity contribution < 1.29 is 14.7 Å². The molecule has 1 heterocycles. The first-order valence-corrected chi connectivity index (χ1v) is 6.47. The molecule has 0 aromatic heterocycles. The molecule has 1 atom stereocenters. The maximum Gasteiger partial charge on any atom is 0.335 e. The van der Waals surface area contributed by atoms with Crippen molar-refractivity contribution in [2.45, 2.75) is 32.7 Å². The van der Waals surface area contributed by atoms with Crippen LogP contribution in [0, 0.1) is 0 Å². The lowest BCUT2D eigenvalue weighted by Crippen LogP contribution is -2.43. The number of rotatable bonds is 3. The number of carbonyl (C=O) groups is 2. The van der Waals surface area contributed by atoms with E-state index >= 15 is 0 Å². The number of aromatic carboxylic acids is 1. The van der Waals surface area contributed by atoms with Crippen LogP contribution in [0.3, 0.4) is 0 Å². The average molecular weight is 262 g/mol. The zero-order valence-corrected chi connectivity index (χ0v) is 11.1. The molecule has 19 heavy (non-hydrogen) atoms. The molecular weight excluding hydrogens is 244 g/mol. The first-order valence-electron chi connectivity index (χ1n) is 6.47. The zero-order valence-electron chi connectivity index (χ0n) is 11.1. The number of anilines is 1. The highest BCUT2D eigenvalue weighted by atomic mass is 16.4. The van der Waals surface area contributed by atoms with Gasteiger partial charge in [0.05, 0.1) is 5.56 Å². The number of nitrogens with one attached hydrogen (secondary N) is 1. The fourth-order valence-corrected chi connectivity index (χ4v) is 2.11. The summed E-state index contributed by atoms with van der Waals surface area (Å²) < 4.78 is 0. The highest BCUT2D eigenvalue weighted by molar-refractivity contribution is 5.97. The van der Waals surface area contributed by atoms with Crippen molar-refractivity contribution in [3.05, 3.63) is 29.3 Å². The number of nitrogens with zero attached hydrogens (tertiary/aromatic N) is 1. The zero-order chi connectivity index (χ0) is 14.0. The van der Waals surface area contributed by atoms with Gasteiger partial charge in [0.1, 0.15) is 0 Å². The second kappa shape index (κ2) is 5.30. The molecule has 2 N–H and O–H groups in total. The van der Waals surface area contributed by atoms with E-state index in [1.807, 2.05) is 13.8 Å². The van der Waals surface area contributed by atoms with Gasteiger partial charge in [0.25, 0.3) is 0 Å². The summed E-state index contributed by atoms with van der Waals surface area (Å²) in [5.41, 5.74) is 1.94. The second-order valence-electron chi connectivity index (χ2n) is 4.81. The Morgan fingerprint density at radius 2 is 2.21 bits per heavy atom. The van der Waals surface area contributed by atoms with Crippen LogP contribution in [0.5, 0.6) is 0 Å². The van der Waals surface area contributed by atoms with E-state index in [-0.39, 0.29) is 17.6 Å². The second-order valence-corrected chi connectivity index (χ2v) is 4.81. The Hall–Kier alpha value is -2.04. The first-order chi connectivity index (χ1) is 9.02. The van der Waals surface area contributed by atoms with Crippen LogP contribution in [0.15, 0.2) is 18.2 Å². The number of carbonyl (C=O) groups excluding carboxylic acids is 1. The molecule has 2 rings (SSSR count). The van der Waals surface area contributed by atoms with Gasteiger partial charge < -0.3 is 10.4 Å². The minimum Gasteiger partial charge on any atom is -0.478 e. The molecule has 0 bridgehead atoms. The maximum absolute atomic E-state index is 12.1. The predicted octanol–water partition coefficient (Wildman–Crippen LogP) is 2.26. The Bertz CT molecular complexity index is 513. The number of benzene rings is 1. The summed E-state index contributed by atoms with van der Waals surface area (Å²) in [5, 5.41) is 11.9. The molecule has 1 unspecified atom stereocenters. The van der Waals surface area contributed by atoms with E-state index in [9.17, 15) is 9.59 Å². The van der Waals surface area contributed by atoms with Crippen LogP contribution >= 0.6 is 0 Å². The lowest BCUT2D eigenvalue weighted by Gasteiger charge is -2.21. The van der Waals surface area contributed by atoms with E-state index in [0.29, 0.717) is 12.2 Å². The monoisotopic (exact) mass is 262 g/mol. The van der Waals surface area contributed by atoms with Gasteiger partial charge in [-0.05, 0) is 37.5 Å². The predicted molar refractivity (Wildman–Crippen MR) is 72.7 cm³/mol. The number of amides is 2. The standard InChI is InChI=1S/C14H18N2O3/c1-3-9(2)15-14(19)16-7-6-10-4-5-11(13(17)18)8-12(10)16/h4-5,8-9H,3,6-7H2,1-2H3,(H,15,19)(H,17,18). The molecule has 1 aliphatic heterocycles. The van der Waals surface area contributed by atoms with Crippen molar-refractivity contribution in [3.8, 4) is 0 Å². The van der Waals surface area contributed by atoms with E-state index in [0.717, 1.165) is 18.4 Å². The Morgan fingerprint density at radius 1 is 1.47 bits per heavy atom. The normalized spacial score (nSPS) is 14.9. The third kappa shape index (κ3) is 2.70. The van der Waals surface area contributed by atoms with Crippen molar-refractivity contribution in [3.63, 3.8) is 0 Å². The van der Waals surface area contributed by atoms with E-state index in [4.69, 9.17) is 5.11 Å². The molecule has 5 nitrogen and oxygen atoms in total. The number of hydrogen-bond donors (Lipinski definition) is 2. The van der Waals surface area contributed by atoms with E-state index < -0.39 is 5.97 Å². The SMILES string of the molecule is CCC(C)NC(=O)N1CCc2ccc(C(=O)O)cc21. The van der Waals surface area contributed by atoms with Gasteiger partial charge in [0.15, 0.2) is 0 Å². The Morgan fingerprint density at radius 3 is 2.84 bits per heavy atom. The summed E-state index contributed by atoms with van der Waals surface area (Å²) in [4.78, 5) is 24.7. The van der Waals surface area contributed by atoms with Gasteiger partial charge in [0.2, 0.25) is 0 Å². The number of carboxylic acid groups (broad SMARTS) is 1. The van der Waals surface area contributed by atoms with E-state index in [1.165, 1.54) is 0 Å². The largest absolute Gasteiger partial charge is 0.478 e. The summed E-state index contributed by atoms with van der Waals surface area (Å²) in [7, 11) is 0. The fourth-order valence-electron chi connectivity index (χ4n) is 2.11. The van der Waals surface area contributed by atoms with Gasteiger partial charge in [-0.25, -0.2) is 9.59 Å². The quantitative estimate of drug-likeness (QED) is 0.877. The van der Waals surface area contributed by atoms with Crippen LogP contribution in [-0.4, -0.2) is 29.7 Å². The summed E-state index contributed by atoms with van der Waals surface area (Å²) in [6.45, 7) is 4.55. The van der Waals surface area contributed by atoms with Crippen LogP contribution in [0.4, 0.5) is 10.5 Å². The van der Waals surface area contributed by atoms with Gasteiger partial charge in [0, 0.05) is 18.3 Å². The average Bonchev–Trinajstić information content (AvgIpc) is 2.81. The van der Waals surface area contributed by atoms with Gasteiger partial charge in [-0.1, -0.05) is 13.0 Å². The third-order valence-corrected chi connectivity index (χ3v) is 3.46. The van der Waals surface area contributed by atoms with Gasteiger partial charge in [-0.3, -0.25) is 4.90 Å². The highest BCUT2D eigenvalue weighted by Crippen LogP contribution is 2.29. The van der Waals surface area contributed by atoms with Crippen molar-refractivity contribution in [1.29, 1.82) is 0 Å². The molecular formula is C14H18N2O3. The summed E-state index contributed by atoms with van der Waals surface area (Å²) >= 11 is 0. The van der Waals surface area contributed by atoms with Crippen LogP contribution in [0.25, 0.3) is 0 Å². The van der Waals surface area contributed by atoms with Crippen molar-refractivity contribution >= 4 is 17.7 Å². The summed E-state index contributed by atoms with van der Waals surface area (Å²) in [5.74, 6) is -0.975. The lowest BCUT2D eigenvalue weighted by molar-refractivity contribution is 0.0697. The number of urea groups is 1. The number of carboxylic acids is 1. The summed E-state index contributed by atoms with van der Waals surface area (Å²) in [6.07, 6.45) is 1.63. The van der Waals surface area contributed by atoms with Crippen LogP contribution in [0.1, 0.15) is 36.2 Å². The number of fused-ring (bicyclic) bond motifs is 1. The Labute approximate surface area is 112 Å². The van der Waals surface area contributed by atoms with E-state index in [1.54, 1.807) is 23.1 Å². The molecule has 0 aliphatic carbocycles.